The maximum absolute atomic E-state index is 9.95. The zero-order valence-corrected chi connectivity index (χ0v) is 9.11. The SMILES string of the molecule is N#CC1=C(O)[C@@H]2C[C@@H]3CCCC[C@@H]3N2C1=N. The lowest BCUT2D eigenvalue weighted by atomic mass is 9.84. The first kappa shape index (κ1) is 9.71. The highest BCUT2D eigenvalue weighted by atomic mass is 16.3. The highest BCUT2D eigenvalue weighted by Gasteiger charge is 2.50. The van der Waals surface area contributed by atoms with Crippen molar-refractivity contribution in [1.82, 2.24) is 4.90 Å². The number of nitrogens with zero attached hydrogens (tertiary/aromatic N) is 2. The Bertz CT molecular complexity index is 420. The highest BCUT2D eigenvalue weighted by molar-refractivity contribution is 6.03. The summed E-state index contributed by atoms with van der Waals surface area (Å²) in [5.74, 6) is 1.00. The van der Waals surface area contributed by atoms with E-state index < -0.39 is 0 Å². The molecule has 4 nitrogen and oxygen atoms in total. The molecule has 1 saturated heterocycles. The van der Waals surface area contributed by atoms with E-state index in [0.717, 1.165) is 12.8 Å². The molecule has 0 aromatic heterocycles. The maximum atomic E-state index is 9.95. The van der Waals surface area contributed by atoms with Crippen molar-refractivity contribution in [2.45, 2.75) is 44.2 Å². The molecule has 1 saturated carbocycles. The lowest BCUT2D eigenvalue weighted by Crippen LogP contribution is -2.39. The minimum atomic E-state index is -0.0738. The summed E-state index contributed by atoms with van der Waals surface area (Å²) in [5, 5.41) is 26.8. The monoisotopic (exact) mass is 217 g/mol. The van der Waals surface area contributed by atoms with Gasteiger partial charge in [0.05, 0.1) is 6.04 Å². The second-order valence-electron chi connectivity index (χ2n) is 4.99. The summed E-state index contributed by atoms with van der Waals surface area (Å²) < 4.78 is 0. The van der Waals surface area contributed by atoms with Gasteiger partial charge in [0.25, 0.3) is 0 Å². The van der Waals surface area contributed by atoms with Gasteiger partial charge in [-0.05, 0) is 25.2 Å². The van der Waals surface area contributed by atoms with Crippen LogP contribution in [0.4, 0.5) is 0 Å². The fraction of sp³-hybridized carbons (Fsp3) is 0.667. The van der Waals surface area contributed by atoms with Crippen molar-refractivity contribution in [3.8, 4) is 6.07 Å². The number of fused-ring (bicyclic) bond motifs is 3. The Labute approximate surface area is 94.7 Å². The van der Waals surface area contributed by atoms with Crippen molar-refractivity contribution < 1.29 is 5.11 Å². The van der Waals surface area contributed by atoms with Crippen LogP contribution in [0.2, 0.25) is 0 Å². The summed E-state index contributed by atoms with van der Waals surface area (Å²) in [6, 6.07) is 2.27. The van der Waals surface area contributed by atoms with E-state index in [1.165, 1.54) is 19.3 Å². The lowest BCUT2D eigenvalue weighted by molar-refractivity contribution is 0.233. The van der Waals surface area contributed by atoms with Gasteiger partial charge in [-0.15, -0.1) is 0 Å². The first-order valence-corrected chi connectivity index (χ1v) is 5.94. The molecule has 2 heterocycles. The van der Waals surface area contributed by atoms with E-state index in [1.54, 1.807) is 0 Å². The fourth-order valence-electron chi connectivity index (χ4n) is 3.55. The molecule has 0 spiro atoms. The van der Waals surface area contributed by atoms with Crippen molar-refractivity contribution in [1.29, 1.82) is 10.7 Å². The summed E-state index contributed by atoms with van der Waals surface area (Å²) >= 11 is 0. The Morgan fingerprint density at radius 1 is 1.38 bits per heavy atom. The minimum Gasteiger partial charge on any atom is -0.509 e. The van der Waals surface area contributed by atoms with Crippen LogP contribution in [0, 0.1) is 22.7 Å². The van der Waals surface area contributed by atoms with Gasteiger partial charge in [0, 0.05) is 6.04 Å². The molecule has 3 atom stereocenters. The van der Waals surface area contributed by atoms with Crippen molar-refractivity contribution in [2.24, 2.45) is 5.92 Å². The standard InChI is InChI=1S/C12H15N3O/c13-6-8-11(16)10-5-7-3-1-2-4-9(7)15(10)12(8)14/h7,9-10,14,16H,1-5H2/t7-,9-,10-/m0/s1. The largest absolute Gasteiger partial charge is 0.509 e. The predicted octanol–water partition coefficient (Wildman–Crippen LogP) is 1.95. The summed E-state index contributed by atoms with van der Waals surface area (Å²) in [4.78, 5) is 1.98. The van der Waals surface area contributed by atoms with Gasteiger partial charge >= 0.3 is 0 Å². The van der Waals surface area contributed by atoms with Gasteiger partial charge in [-0.1, -0.05) is 12.8 Å². The molecule has 0 aromatic carbocycles. The number of rotatable bonds is 0. The molecule has 0 radical (unpaired) electrons. The molecule has 2 N–H and O–H groups in total. The van der Waals surface area contributed by atoms with Gasteiger partial charge < -0.3 is 10.0 Å². The number of amidine groups is 1. The average Bonchev–Trinajstić information content (AvgIpc) is 2.77. The quantitative estimate of drug-likeness (QED) is 0.651. The second kappa shape index (κ2) is 3.24. The molecule has 16 heavy (non-hydrogen) atoms. The van der Waals surface area contributed by atoms with Crippen LogP contribution in [-0.4, -0.2) is 27.9 Å². The van der Waals surface area contributed by atoms with Gasteiger partial charge in [0.2, 0.25) is 0 Å². The number of nitriles is 1. The van der Waals surface area contributed by atoms with Crippen molar-refractivity contribution >= 4 is 5.84 Å². The van der Waals surface area contributed by atoms with Crippen LogP contribution in [0.3, 0.4) is 0 Å². The first-order valence-electron chi connectivity index (χ1n) is 5.94. The van der Waals surface area contributed by atoms with Crippen LogP contribution in [0.1, 0.15) is 32.1 Å². The fourth-order valence-corrected chi connectivity index (χ4v) is 3.55. The van der Waals surface area contributed by atoms with Crippen LogP contribution in [0.25, 0.3) is 0 Å². The van der Waals surface area contributed by atoms with E-state index in [-0.39, 0.29) is 23.2 Å². The molecule has 4 heteroatoms. The molecule has 3 aliphatic rings. The summed E-state index contributed by atoms with van der Waals surface area (Å²) in [5.41, 5.74) is 0.189. The smallest absolute Gasteiger partial charge is 0.143 e. The molecule has 0 unspecified atom stereocenters. The Kier molecular flexibility index (Phi) is 1.97. The summed E-state index contributed by atoms with van der Waals surface area (Å²) in [7, 11) is 0. The molecule has 0 aromatic rings. The van der Waals surface area contributed by atoms with Gasteiger partial charge in [-0.2, -0.15) is 5.26 Å². The molecule has 84 valence electrons. The van der Waals surface area contributed by atoms with E-state index >= 15 is 0 Å². The third-order valence-corrected chi connectivity index (χ3v) is 4.27. The maximum Gasteiger partial charge on any atom is 0.143 e. The molecule has 2 fully saturated rings. The zero-order chi connectivity index (χ0) is 11.3. The van der Waals surface area contributed by atoms with Gasteiger partial charge in [0.1, 0.15) is 23.2 Å². The topological polar surface area (TPSA) is 71.1 Å². The van der Waals surface area contributed by atoms with E-state index in [1.807, 2.05) is 11.0 Å². The Morgan fingerprint density at radius 3 is 2.88 bits per heavy atom. The molecule has 1 aliphatic carbocycles. The van der Waals surface area contributed by atoms with Crippen LogP contribution in [-0.2, 0) is 0 Å². The number of hydrogen-bond donors (Lipinski definition) is 2. The number of aliphatic hydroxyl groups excluding tert-OH is 1. The molecule has 2 aliphatic heterocycles. The Hall–Kier alpha value is -1.50. The third-order valence-electron chi connectivity index (χ3n) is 4.27. The third kappa shape index (κ3) is 1.06. The van der Waals surface area contributed by atoms with Crippen LogP contribution >= 0.6 is 0 Å². The van der Waals surface area contributed by atoms with Crippen LogP contribution in [0.15, 0.2) is 11.3 Å². The highest BCUT2D eigenvalue weighted by Crippen LogP contribution is 2.45. The molecule has 0 bridgehead atoms. The zero-order valence-electron chi connectivity index (χ0n) is 9.11. The number of hydrogen-bond acceptors (Lipinski definition) is 3. The van der Waals surface area contributed by atoms with Crippen molar-refractivity contribution in [3.63, 3.8) is 0 Å². The molecule has 0 amide bonds. The van der Waals surface area contributed by atoms with E-state index in [0.29, 0.717) is 12.0 Å². The normalized spacial score (nSPS) is 37.3. The van der Waals surface area contributed by atoms with Gasteiger partial charge in [-0.25, -0.2) is 0 Å². The lowest BCUT2D eigenvalue weighted by Gasteiger charge is -2.32. The van der Waals surface area contributed by atoms with E-state index in [9.17, 15) is 5.11 Å². The number of nitrogens with one attached hydrogen (secondary N) is 1. The Morgan fingerprint density at radius 2 is 2.12 bits per heavy atom. The molecular formula is C12H15N3O. The Balaban J connectivity index is 1.96. The number of aliphatic hydroxyl groups is 1. The summed E-state index contributed by atoms with van der Waals surface area (Å²) in [6.07, 6.45) is 5.71. The van der Waals surface area contributed by atoms with Crippen molar-refractivity contribution in [3.05, 3.63) is 11.3 Å². The first-order chi connectivity index (χ1) is 7.74. The van der Waals surface area contributed by atoms with E-state index in [2.05, 4.69) is 0 Å². The van der Waals surface area contributed by atoms with Crippen molar-refractivity contribution in [2.75, 3.05) is 0 Å². The molecular weight excluding hydrogens is 202 g/mol. The van der Waals surface area contributed by atoms with Gasteiger partial charge in [0.15, 0.2) is 0 Å². The van der Waals surface area contributed by atoms with E-state index in [4.69, 9.17) is 10.7 Å². The second-order valence-corrected chi connectivity index (χ2v) is 4.99. The van der Waals surface area contributed by atoms with Crippen LogP contribution in [0.5, 0.6) is 0 Å². The predicted molar refractivity (Wildman–Crippen MR) is 59.0 cm³/mol. The minimum absolute atomic E-state index is 0.0738. The summed E-state index contributed by atoms with van der Waals surface area (Å²) in [6.45, 7) is 0. The van der Waals surface area contributed by atoms with Crippen LogP contribution < -0.4 is 0 Å². The average molecular weight is 217 g/mol. The van der Waals surface area contributed by atoms with Gasteiger partial charge in [-0.3, -0.25) is 5.41 Å². The molecule has 3 rings (SSSR count).